The zero-order chi connectivity index (χ0) is 13.0. The van der Waals surface area contributed by atoms with Crippen LogP contribution < -0.4 is 0 Å². The van der Waals surface area contributed by atoms with E-state index in [-0.39, 0.29) is 17.6 Å². The van der Waals surface area contributed by atoms with Gasteiger partial charge in [0.15, 0.2) is 0 Å². The molecule has 0 aromatic carbocycles. The first-order chi connectivity index (χ1) is 7.04. The summed E-state index contributed by atoms with van der Waals surface area (Å²) in [4.78, 5) is 0. The van der Waals surface area contributed by atoms with E-state index in [0.717, 1.165) is 0 Å². The molecule has 0 amide bonds. The molecule has 0 aromatic rings. The van der Waals surface area contributed by atoms with Gasteiger partial charge in [-0.05, 0) is 33.1 Å². The largest absolute Gasteiger partial charge is 0.475 e. The van der Waals surface area contributed by atoms with E-state index in [9.17, 15) is 4.57 Å². The molecular formula is C11H25O4P. The number of rotatable bonds is 6. The van der Waals surface area contributed by atoms with Crippen LogP contribution in [-0.2, 0) is 18.1 Å². The van der Waals surface area contributed by atoms with Crippen molar-refractivity contribution >= 4 is 7.82 Å². The van der Waals surface area contributed by atoms with Crippen LogP contribution in [0.5, 0.6) is 0 Å². The lowest BCUT2D eigenvalue weighted by Crippen LogP contribution is -2.17. The average Bonchev–Trinajstić information content (AvgIpc) is 1.96. The summed E-state index contributed by atoms with van der Waals surface area (Å²) in [6.45, 7) is 13.6. The average molecular weight is 252 g/mol. The molecular weight excluding hydrogens is 227 g/mol. The fourth-order valence-electron chi connectivity index (χ4n) is 0.875. The van der Waals surface area contributed by atoms with Crippen LogP contribution in [0.15, 0.2) is 0 Å². The van der Waals surface area contributed by atoms with Crippen molar-refractivity contribution in [1.29, 1.82) is 0 Å². The quantitative estimate of drug-likeness (QED) is 0.670. The predicted octanol–water partition coefficient (Wildman–Crippen LogP) is 4.01. The summed E-state index contributed by atoms with van der Waals surface area (Å²) < 4.78 is 28.1. The molecule has 0 N–H and O–H groups in total. The Kier molecular flexibility index (Phi) is 6.20. The highest BCUT2D eigenvalue weighted by molar-refractivity contribution is 7.48. The van der Waals surface area contributed by atoms with E-state index < -0.39 is 7.82 Å². The molecule has 0 saturated carbocycles. The van der Waals surface area contributed by atoms with Gasteiger partial charge in [0.1, 0.15) is 0 Å². The molecule has 0 aromatic heterocycles. The lowest BCUT2D eigenvalue weighted by molar-refractivity contribution is 0.0539. The molecule has 0 radical (unpaired) electrons. The standard InChI is InChI=1S/C11H25O4P/c1-9(2)14-16(12,15-10(3)4)13-8-11(5,6)7/h9-10H,8H2,1-7H3. The first kappa shape index (κ1) is 16.1. The van der Waals surface area contributed by atoms with Crippen molar-refractivity contribution in [3.05, 3.63) is 0 Å². The minimum atomic E-state index is -3.43. The smallest absolute Gasteiger partial charge is 0.286 e. The van der Waals surface area contributed by atoms with Gasteiger partial charge < -0.3 is 0 Å². The van der Waals surface area contributed by atoms with Crippen LogP contribution in [0.4, 0.5) is 0 Å². The maximum atomic E-state index is 12.2. The summed E-state index contributed by atoms with van der Waals surface area (Å²) in [5, 5.41) is 0. The first-order valence-electron chi connectivity index (χ1n) is 5.65. The predicted molar refractivity (Wildman–Crippen MR) is 65.5 cm³/mol. The Balaban J connectivity index is 4.48. The van der Waals surface area contributed by atoms with Gasteiger partial charge >= 0.3 is 7.82 Å². The summed E-state index contributed by atoms with van der Waals surface area (Å²) in [6.07, 6.45) is -0.380. The highest BCUT2D eigenvalue weighted by atomic mass is 31.2. The fraction of sp³-hybridized carbons (Fsp3) is 1.00. The second-order valence-electron chi connectivity index (χ2n) is 5.59. The minimum Gasteiger partial charge on any atom is -0.286 e. The van der Waals surface area contributed by atoms with E-state index in [1.807, 2.05) is 20.8 Å². The molecule has 0 aliphatic rings. The van der Waals surface area contributed by atoms with Crippen molar-refractivity contribution in [2.24, 2.45) is 5.41 Å². The van der Waals surface area contributed by atoms with Gasteiger partial charge in [-0.15, -0.1) is 0 Å². The minimum absolute atomic E-state index is 0.0731. The Morgan fingerprint density at radius 2 is 1.38 bits per heavy atom. The molecule has 0 fully saturated rings. The maximum Gasteiger partial charge on any atom is 0.475 e. The van der Waals surface area contributed by atoms with Crippen molar-refractivity contribution in [2.45, 2.75) is 60.7 Å². The van der Waals surface area contributed by atoms with Crippen LogP contribution in [-0.4, -0.2) is 18.8 Å². The topological polar surface area (TPSA) is 44.8 Å². The highest BCUT2D eigenvalue weighted by Crippen LogP contribution is 2.52. The van der Waals surface area contributed by atoms with E-state index in [0.29, 0.717) is 6.61 Å². The van der Waals surface area contributed by atoms with Crippen molar-refractivity contribution in [3.63, 3.8) is 0 Å². The van der Waals surface area contributed by atoms with Crippen LogP contribution in [0.1, 0.15) is 48.5 Å². The summed E-state index contributed by atoms with van der Waals surface area (Å²) >= 11 is 0. The van der Waals surface area contributed by atoms with E-state index >= 15 is 0 Å². The molecule has 0 bridgehead atoms. The van der Waals surface area contributed by atoms with Crippen molar-refractivity contribution in [3.8, 4) is 0 Å². The van der Waals surface area contributed by atoms with E-state index in [4.69, 9.17) is 13.6 Å². The number of phosphoric acid groups is 1. The summed E-state index contributed by atoms with van der Waals surface area (Å²) in [7, 11) is -3.43. The number of hydrogen-bond donors (Lipinski definition) is 0. The van der Waals surface area contributed by atoms with Gasteiger partial charge in [-0.25, -0.2) is 4.57 Å². The SMILES string of the molecule is CC(C)OP(=O)(OCC(C)(C)C)OC(C)C. The summed E-state index contributed by atoms with van der Waals surface area (Å²) in [6, 6.07) is 0. The van der Waals surface area contributed by atoms with Gasteiger partial charge in [0.25, 0.3) is 0 Å². The molecule has 5 heteroatoms. The Bertz CT molecular complexity index is 229. The van der Waals surface area contributed by atoms with E-state index in [2.05, 4.69) is 0 Å². The van der Waals surface area contributed by atoms with Gasteiger partial charge in [0.05, 0.1) is 18.8 Å². The number of hydrogen-bond acceptors (Lipinski definition) is 4. The normalized spacial score (nSPS) is 13.8. The third-order valence-corrected chi connectivity index (χ3v) is 3.14. The van der Waals surface area contributed by atoms with Gasteiger partial charge in [-0.2, -0.15) is 0 Å². The summed E-state index contributed by atoms with van der Waals surface area (Å²) in [5.74, 6) is 0. The van der Waals surface area contributed by atoms with Crippen LogP contribution in [0.25, 0.3) is 0 Å². The van der Waals surface area contributed by atoms with Crippen LogP contribution >= 0.6 is 7.82 Å². The van der Waals surface area contributed by atoms with Gasteiger partial charge in [0.2, 0.25) is 0 Å². The second-order valence-corrected chi connectivity index (χ2v) is 7.16. The third kappa shape index (κ3) is 8.28. The first-order valence-corrected chi connectivity index (χ1v) is 7.11. The Labute approximate surface area is 99.3 Å². The van der Waals surface area contributed by atoms with Crippen LogP contribution in [0.2, 0.25) is 0 Å². The molecule has 4 nitrogen and oxygen atoms in total. The molecule has 0 aliphatic carbocycles. The fourth-order valence-corrected chi connectivity index (χ4v) is 2.62. The lowest BCUT2D eigenvalue weighted by Gasteiger charge is -2.25. The molecule has 16 heavy (non-hydrogen) atoms. The Hall–Kier alpha value is 0.110. The Morgan fingerprint density at radius 1 is 1.00 bits per heavy atom. The molecule has 0 spiro atoms. The van der Waals surface area contributed by atoms with Crippen molar-refractivity contribution in [1.82, 2.24) is 0 Å². The van der Waals surface area contributed by atoms with E-state index in [1.54, 1.807) is 27.7 Å². The number of phosphoric ester groups is 1. The molecule has 0 saturated heterocycles. The van der Waals surface area contributed by atoms with Crippen molar-refractivity contribution < 1.29 is 18.1 Å². The van der Waals surface area contributed by atoms with E-state index in [1.165, 1.54) is 0 Å². The van der Waals surface area contributed by atoms with Crippen molar-refractivity contribution in [2.75, 3.05) is 6.61 Å². The third-order valence-electron chi connectivity index (χ3n) is 1.34. The molecule has 0 aliphatic heterocycles. The molecule has 0 unspecified atom stereocenters. The van der Waals surface area contributed by atoms with Crippen LogP contribution in [0.3, 0.4) is 0 Å². The lowest BCUT2D eigenvalue weighted by atomic mass is 9.99. The Morgan fingerprint density at radius 3 is 1.62 bits per heavy atom. The molecule has 0 rings (SSSR count). The zero-order valence-electron chi connectivity index (χ0n) is 11.4. The molecule has 0 heterocycles. The van der Waals surface area contributed by atoms with Gasteiger partial charge in [0, 0.05) is 0 Å². The second kappa shape index (κ2) is 6.15. The van der Waals surface area contributed by atoms with Gasteiger partial charge in [-0.1, -0.05) is 20.8 Å². The monoisotopic (exact) mass is 252 g/mol. The molecule has 0 atom stereocenters. The van der Waals surface area contributed by atoms with Gasteiger partial charge in [-0.3, -0.25) is 13.6 Å². The highest BCUT2D eigenvalue weighted by Gasteiger charge is 2.31. The zero-order valence-corrected chi connectivity index (χ0v) is 12.3. The maximum absolute atomic E-state index is 12.2. The summed E-state index contributed by atoms with van der Waals surface area (Å²) in [5.41, 5.74) is -0.0731. The van der Waals surface area contributed by atoms with Crippen LogP contribution in [0, 0.1) is 5.41 Å². The molecule has 98 valence electrons.